The molecule has 11 heteroatoms. The third-order valence-electron chi connectivity index (χ3n) is 5.60. The number of hydrogen-bond acceptors (Lipinski definition) is 6. The second-order valence-electron chi connectivity index (χ2n) is 8.07. The van der Waals surface area contributed by atoms with Gasteiger partial charge >= 0.3 is 12.1 Å². The Morgan fingerprint density at radius 1 is 1.12 bits per heavy atom. The van der Waals surface area contributed by atoms with E-state index in [2.05, 4.69) is 10.3 Å². The van der Waals surface area contributed by atoms with Crippen molar-refractivity contribution in [3.8, 4) is 0 Å². The molecule has 0 spiro atoms. The van der Waals surface area contributed by atoms with E-state index in [1.165, 1.54) is 9.80 Å². The first-order chi connectivity index (χ1) is 16.2. The van der Waals surface area contributed by atoms with Crippen molar-refractivity contribution >= 4 is 34.8 Å². The molecule has 182 valence electrons. The van der Waals surface area contributed by atoms with Gasteiger partial charge in [-0.05, 0) is 38.0 Å². The summed E-state index contributed by atoms with van der Waals surface area (Å²) in [5, 5.41) is 12.1. The molecule has 0 saturated carbocycles. The maximum Gasteiger partial charge on any atom is 0.409 e. The van der Waals surface area contributed by atoms with E-state index in [4.69, 9.17) is 9.84 Å². The molecule has 2 aromatic rings. The van der Waals surface area contributed by atoms with E-state index >= 15 is 0 Å². The molecule has 1 unspecified atom stereocenters. The minimum atomic E-state index is -1.10. The molecule has 3 amide bonds. The molecule has 1 atom stereocenters. The second-order valence-corrected chi connectivity index (χ2v) is 8.07. The Kier molecular flexibility index (Phi) is 7.87. The molecule has 2 heterocycles. The smallest absolute Gasteiger partial charge is 0.409 e. The topological polar surface area (TPSA) is 149 Å². The maximum atomic E-state index is 13.1. The van der Waals surface area contributed by atoms with Crippen LogP contribution in [0.5, 0.6) is 0 Å². The third-order valence-corrected chi connectivity index (χ3v) is 5.60. The van der Waals surface area contributed by atoms with Crippen LogP contribution in [-0.4, -0.2) is 82.6 Å². The lowest BCUT2D eigenvalue weighted by Crippen LogP contribution is -2.56. The number of aromatic amines is 1. The van der Waals surface area contributed by atoms with Crippen LogP contribution < -0.4 is 10.7 Å². The number of benzene rings is 1. The van der Waals surface area contributed by atoms with E-state index in [9.17, 15) is 24.0 Å². The van der Waals surface area contributed by atoms with E-state index in [-0.39, 0.29) is 56.8 Å². The van der Waals surface area contributed by atoms with Crippen molar-refractivity contribution in [2.24, 2.45) is 0 Å². The van der Waals surface area contributed by atoms with Gasteiger partial charge in [-0.1, -0.05) is 6.07 Å². The van der Waals surface area contributed by atoms with E-state index in [1.807, 2.05) is 6.92 Å². The summed E-state index contributed by atoms with van der Waals surface area (Å²) < 4.78 is 4.97. The van der Waals surface area contributed by atoms with Gasteiger partial charge in [0.25, 0.3) is 5.91 Å². The number of hydrogen-bond donors (Lipinski definition) is 3. The number of nitrogens with zero attached hydrogens (tertiary/aromatic N) is 2. The van der Waals surface area contributed by atoms with E-state index in [0.717, 1.165) is 11.6 Å². The Labute approximate surface area is 195 Å². The SMILES string of the molecule is CCOC(=O)N1CCN(C(=O)C(CCC(=O)O)NC(=O)c2cc(=O)c3ccc(C)cc3[nH]2)CC1. The highest BCUT2D eigenvalue weighted by Crippen LogP contribution is 2.13. The summed E-state index contributed by atoms with van der Waals surface area (Å²) in [5.74, 6) is -2.24. The summed E-state index contributed by atoms with van der Waals surface area (Å²) in [6.45, 7) is 4.79. The number of carboxylic acids is 1. The molecule has 1 saturated heterocycles. The molecule has 3 N–H and O–H groups in total. The number of aryl methyl sites for hydroxylation is 1. The standard InChI is InChI=1S/C23H28N4O7/c1-3-34-23(33)27-10-8-26(9-11-27)22(32)16(6-7-20(29)30)25-21(31)18-13-19(28)15-5-4-14(2)12-17(15)24-18/h4-5,12-13,16H,3,6-11H2,1-2H3,(H,24,28)(H,25,31)(H,29,30). The van der Waals surface area contributed by atoms with Crippen molar-refractivity contribution < 1.29 is 29.0 Å². The highest BCUT2D eigenvalue weighted by Gasteiger charge is 2.31. The molecule has 3 rings (SSSR count). The lowest BCUT2D eigenvalue weighted by Gasteiger charge is -2.35. The van der Waals surface area contributed by atoms with Crippen molar-refractivity contribution in [2.45, 2.75) is 32.7 Å². The summed E-state index contributed by atoms with van der Waals surface area (Å²) in [6, 6.07) is 5.25. The van der Waals surface area contributed by atoms with Crippen molar-refractivity contribution in [1.82, 2.24) is 20.1 Å². The number of carbonyl (C=O) groups is 4. The molecule has 11 nitrogen and oxygen atoms in total. The number of aliphatic carboxylic acids is 1. The lowest BCUT2D eigenvalue weighted by molar-refractivity contribution is -0.138. The molecule has 1 aromatic carbocycles. The molecule has 1 aliphatic heterocycles. The summed E-state index contributed by atoms with van der Waals surface area (Å²) in [6.07, 6.45) is -0.900. The zero-order valence-electron chi connectivity index (χ0n) is 19.1. The van der Waals surface area contributed by atoms with Crippen LogP contribution in [0.15, 0.2) is 29.1 Å². The van der Waals surface area contributed by atoms with E-state index < -0.39 is 29.9 Å². The Morgan fingerprint density at radius 2 is 1.79 bits per heavy atom. The van der Waals surface area contributed by atoms with Crippen LogP contribution in [0.2, 0.25) is 0 Å². The fraction of sp³-hybridized carbons (Fsp3) is 0.435. The number of fused-ring (bicyclic) bond motifs is 1. The van der Waals surface area contributed by atoms with Gasteiger partial charge in [0.2, 0.25) is 5.91 Å². The first-order valence-corrected chi connectivity index (χ1v) is 11.1. The van der Waals surface area contributed by atoms with Crippen molar-refractivity contribution in [3.63, 3.8) is 0 Å². The minimum Gasteiger partial charge on any atom is -0.481 e. The highest BCUT2D eigenvalue weighted by molar-refractivity contribution is 5.98. The molecule has 1 aliphatic rings. The van der Waals surface area contributed by atoms with Gasteiger partial charge < -0.3 is 29.9 Å². The Bertz CT molecular complexity index is 1150. The molecule has 0 aliphatic carbocycles. The predicted molar refractivity (Wildman–Crippen MR) is 123 cm³/mol. The Balaban J connectivity index is 1.75. The number of aromatic nitrogens is 1. The summed E-state index contributed by atoms with van der Waals surface area (Å²) in [7, 11) is 0. The van der Waals surface area contributed by atoms with Crippen LogP contribution in [0.4, 0.5) is 4.79 Å². The molecular weight excluding hydrogens is 444 g/mol. The molecule has 34 heavy (non-hydrogen) atoms. The zero-order chi connectivity index (χ0) is 24.8. The number of nitrogens with one attached hydrogen (secondary N) is 2. The average Bonchev–Trinajstić information content (AvgIpc) is 2.81. The van der Waals surface area contributed by atoms with Crippen LogP contribution >= 0.6 is 0 Å². The normalized spacial score (nSPS) is 14.5. The second kappa shape index (κ2) is 10.8. The molecule has 1 fully saturated rings. The van der Waals surface area contributed by atoms with Crippen LogP contribution in [0.25, 0.3) is 10.9 Å². The number of ether oxygens (including phenoxy) is 1. The van der Waals surface area contributed by atoms with Gasteiger partial charge in [0.15, 0.2) is 5.43 Å². The summed E-state index contributed by atoms with van der Waals surface area (Å²) in [5.41, 5.74) is 1.02. The van der Waals surface area contributed by atoms with Crippen LogP contribution in [0, 0.1) is 6.92 Å². The Morgan fingerprint density at radius 3 is 2.44 bits per heavy atom. The molecule has 0 radical (unpaired) electrons. The Hall–Kier alpha value is -3.89. The van der Waals surface area contributed by atoms with Crippen LogP contribution in [0.1, 0.15) is 35.8 Å². The number of piperazine rings is 1. The van der Waals surface area contributed by atoms with Crippen molar-refractivity contribution in [3.05, 3.63) is 45.7 Å². The lowest BCUT2D eigenvalue weighted by atomic mass is 10.1. The maximum absolute atomic E-state index is 13.1. The van der Waals surface area contributed by atoms with Gasteiger partial charge in [0.1, 0.15) is 11.7 Å². The van der Waals surface area contributed by atoms with Crippen LogP contribution in [-0.2, 0) is 14.3 Å². The largest absolute Gasteiger partial charge is 0.481 e. The summed E-state index contributed by atoms with van der Waals surface area (Å²) in [4.78, 5) is 67.3. The number of amides is 3. The van der Waals surface area contributed by atoms with E-state index in [1.54, 1.807) is 25.1 Å². The number of pyridine rings is 1. The van der Waals surface area contributed by atoms with Gasteiger partial charge in [0.05, 0.1) is 12.1 Å². The number of H-pyrrole nitrogens is 1. The first-order valence-electron chi connectivity index (χ1n) is 11.1. The van der Waals surface area contributed by atoms with E-state index in [0.29, 0.717) is 10.9 Å². The average molecular weight is 472 g/mol. The quantitative estimate of drug-likeness (QED) is 0.546. The first kappa shape index (κ1) is 24.7. The van der Waals surface area contributed by atoms with Gasteiger partial charge in [-0.25, -0.2) is 4.79 Å². The predicted octanol–water partition coefficient (Wildman–Crippen LogP) is 1.10. The van der Waals surface area contributed by atoms with Crippen molar-refractivity contribution in [2.75, 3.05) is 32.8 Å². The zero-order valence-corrected chi connectivity index (χ0v) is 19.1. The van der Waals surface area contributed by atoms with Crippen molar-refractivity contribution in [1.29, 1.82) is 0 Å². The number of rotatable bonds is 7. The molecule has 0 bridgehead atoms. The highest BCUT2D eigenvalue weighted by atomic mass is 16.6. The van der Waals surface area contributed by atoms with Crippen LogP contribution in [0.3, 0.4) is 0 Å². The van der Waals surface area contributed by atoms with Gasteiger partial charge in [-0.15, -0.1) is 0 Å². The number of carbonyl (C=O) groups excluding carboxylic acids is 3. The number of carboxylic acid groups (broad SMARTS) is 1. The fourth-order valence-corrected chi connectivity index (χ4v) is 3.79. The molecular formula is C23H28N4O7. The summed E-state index contributed by atoms with van der Waals surface area (Å²) >= 11 is 0. The third kappa shape index (κ3) is 5.91. The fourth-order valence-electron chi connectivity index (χ4n) is 3.79. The van der Waals surface area contributed by atoms with Gasteiger partial charge in [0, 0.05) is 44.1 Å². The minimum absolute atomic E-state index is 0.0247. The molecule has 1 aromatic heterocycles. The van der Waals surface area contributed by atoms with Gasteiger partial charge in [-0.3, -0.25) is 19.2 Å². The monoisotopic (exact) mass is 472 g/mol. The van der Waals surface area contributed by atoms with Gasteiger partial charge in [-0.2, -0.15) is 0 Å².